The lowest BCUT2D eigenvalue weighted by atomic mass is 9.99. The lowest BCUT2D eigenvalue weighted by molar-refractivity contribution is -0.132. The van der Waals surface area contributed by atoms with Gasteiger partial charge in [0.05, 0.1) is 0 Å². The maximum atomic E-state index is 12.5. The van der Waals surface area contributed by atoms with Crippen LogP contribution in [-0.4, -0.2) is 56.2 Å². The lowest BCUT2D eigenvalue weighted by Gasteiger charge is -2.28. The number of hydrogen-bond acceptors (Lipinski definition) is 3. The smallest absolute Gasteiger partial charge is 0.222 e. The molecule has 0 aromatic heterocycles. The van der Waals surface area contributed by atoms with Crippen molar-refractivity contribution in [3.05, 3.63) is 35.4 Å². The van der Waals surface area contributed by atoms with E-state index in [-0.39, 0.29) is 5.91 Å². The Kier molecular flexibility index (Phi) is 9.69. The van der Waals surface area contributed by atoms with Gasteiger partial charge in [-0.3, -0.25) is 9.79 Å². The van der Waals surface area contributed by atoms with E-state index in [1.54, 1.807) is 0 Å². The topological polar surface area (TPSA) is 66.0 Å². The Labute approximate surface area is 163 Å². The summed E-state index contributed by atoms with van der Waals surface area (Å²) < 4.78 is 5.34. The zero-order valence-corrected chi connectivity index (χ0v) is 16.8. The van der Waals surface area contributed by atoms with Gasteiger partial charge in [0.15, 0.2) is 5.96 Å². The summed E-state index contributed by atoms with van der Waals surface area (Å²) in [6.45, 7) is 9.43. The van der Waals surface area contributed by atoms with Crippen LogP contribution in [0.1, 0.15) is 44.2 Å². The van der Waals surface area contributed by atoms with E-state index in [0.717, 1.165) is 64.6 Å². The van der Waals surface area contributed by atoms with Crippen LogP contribution in [0.3, 0.4) is 0 Å². The van der Waals surface area contributed by atoms with Crippen molar-refractivity contribution in [2.24, 2.45) is 4.99 Å². The number of hydrogen-bond donors (Lipinski definition) is 2. The SMILES string of the molecule is CCNC(=NCCCC(=O)N1CCc2ccccc2C1)NCCCOCC. The molecule has 2 N–H and O–H groups in total. The number of aliphatic imine (C=N–C) groups is 1. The largest absolute Gasteiger partial charge is 0.382 e. The average Bonchev–Trinajstić information content (AvgIpc) is 2.70. The van der Waals surface area contributed by atoms with E-state index in [9.17, 15) is 4.79 Å². The first-order valence-electron chi connectivity index (χ1n) is 10.2. The average molecular weight is 375 g/mol. The highest BCUT2D eigenvalue weighted by Gasteiger charge is 2.19. The van der Waals surface area contributed by atoms with E-state index in [1.807, 2.05) is 17.9 Å². The van der Waals surface area contributed by atoms with Crippen LogP contribution in [0.2, 0.25) is 0 Å². The second kappa shape index (κ2) is 12.3. The maximum absolute atomic E-state index is 12.5. The van der Waals surface area contributed by atoms with Crippen LogP contribution in [-0.2, 0) is 22.5 Å². The third-order valence-corrected chi connectivity index (χ3v) is 4.61. The first-order chi connectivity index (χ1) is 13.2. The zero-order chi connectivity index (χ0) is 19.3. The highest BCUT2D eigenvalue weighted by Crippen LogP contribution is 2.19. The molecule has 0 spiro atoms. The van der Waals surface area contributed by atoms with Crippen molar-refractivity contribution in [3.8, 4) is 0 Å². The molecule has 0 saturated heterocycles. The Morgan fingerprint density at radius 2 is 2.00 bits per heavy atom. The summed E-state index contributed by atoms with van der Waals surface area (Å²) >= 11 is 0. The van der Waals surface area contributed by atoms with Crippen molar-refractivity contribution in [1.29, 1.82) is 0 Å². The van der Waals surface area contributed by atoms with Gasteiger partial charge in [-0.05, 0) is 44.2 Å². The summed E-state index contributed by atoms with van der Waals surface area (Å²) in [7, 11) is 0. The Morgan fingerprint density at radius 3 is 2.78 bits per heavy atom. The molecule has 2 rings (SSSR count). The molecule has 1 aliphatic heterocycles. The van der Waals surface area contributed by atoms with Crippen LogP contribution in [0.15, 0.2) is 29.3 Å². The molecule has 0 radical (unpaired) electrons. The molecule has 0 aliphatic carbocycles. The third kappa shape index (κ3) is 7.59. The number of benzene rings is 1. The van der Waals surface area contributed by atoms with Gasteiger partial charge in [0.1, 0.15) is 0 Å². The number of carbonyl (C=O) groups excluding carboxylic acids is 1. The van der Waals surface area contributed by atoms with Crippen LogP contribution in [0.4, 0.5) is 0 Å². The molecule has 1 aliphatic rings. The minimum Gasteiger partial charge on any atom is -0.382 e. The molecule has 6 nitrogen and oxygen atoms in total. The second-order valence-corrected chi connectivity index (χ2v) is 6.68. The van der Waals surface area contributed by atoms with Crippen molar-refractivity contribution in [2.45, 2.75) is 46.1 Å². The molecular formula is C21H34N4O2. The monoisotopic (exact) mass is 374 g/mol. The molecule has 1 heterocycles. The predicted octanol–water partition coefficient (Wildman–Crippen LogP) is 2.33. The fourth-order valence-electron chi connectivity index (χ4n) is 3.15. The number of rotatable bonds is 10. The van der Waals surface area contributed by atoms with Gasteiger partial charge in [-0.2, -0.15) is 0 Å². The van der Waals surface area contributed by atoms with Crippen molar-refractivity contribution < 1.29 is 9.53 Å². The molecule has 0 saturated carbocycles. The molecule has 0 unspecified atom stereocenters. The van der Waals surface area contributed by atoms with Crippen LogP contribution in [0, 0.1) is 0 Å². The number of nitrogens with zero attached hydrogens (tertiary/aromatic N) is 2. The van der Waals surface area contributed by atoms with Crippen molar-refractivity contribution in [3.63, 3.8) is 0 Å². The molecule has 27 heavy (non-hydrogen) atoms. The Bertz CT molecular complexity index is 604. The minimum atomic E-state index is 0.231. The van der Waals surface area contributed by atoms with Gasteiger partial charge in [0, 0.05) is 52.4 Å². The van der Waals surface area contributed by atoms with Gasteiger partial charge in [0.2, 0.25) is 5.91 Å². The van der Waals surface area contributed by atoms with Gasteiger partial charge in [-0.15, -0.1) is 0 Å². The number of amides is 1. The molecule has 150 valence electrons. The number of fused-ring (bicyclic) bond motifs is 1. The molecular weight excluding hydrogens is 340 g/mol. The Balaban J connectivity index is 1.69. The van der Waals surface area contributed by atoms with Gasteiger partial charge in [-0.1, -0.05) is 24.3 Å². The summed E-state index contributed by atoms with van der Waals surface area (Å²) in [5, 5.41) is 6.54. The van der Waals surface area contributed by atoms with E-state index in [4.69, 9.17) is 4.74 Å². The quantitative estimate of drug-likeness (QED) is 0.375. The van der Waals surface area contributed by atoms with Crippen LogP contribution in [0.25, 0.3) is 0 Å². The van der Waals surface area contributed by atoms with E-state index < -0.39 is 0 Å². The fourth-order valence-corrected chi connectivity index (χ4v) is 3.15. The van der Waals surface area contributed by atoms with Crippen LogP contribution >= 0.6 is 0 Å². The normalized spacial score (nSPS) is 14.0. The van der Waals surface area contributed by atoms with E-state index in [0.29, 0.717) is 13.0 Å². The van der Waals surface area contributed by atoms with Crippen molar-refractivity contribution in [1.82, 2.24) is 15.5 Å². The van der Waals surface area contributed by atoms with Gasteiger partial charge < -0.3 is 20.3 Å². The van der Waals surface area contributed by atoms with Gasteiger partial charge in [-0.25, -0.2) is 0 Å². The Hall–Kier alpha value is -2.08. The molecule has 1 aromatic carbocycles. The summed E-state index contributed by atoms with van der Waals surface area (Å²) in [4.78, 5) is 19.0. The minimum absolute atomic E-state index is 0.231. The predicted molar refractivity (Wildman–Crippen MR) is 110 cm³/mol. The standard InChI is InChI=1S/C21H34N4O2/c1-3-22-21(24-14-8-16-27-4-2)23-13-7-11-20(26)25-15-12-18-9-5-6-10-19(18)17-25/h5-6,9-10H,3-4,7-8,11-17H2,1-2H3,(H2,22,23,24). The van der Waals surface area contributed by atoms with E-state index in [1.165, 1.54) is 11.1 Å². The Morgan fingerprint density at radius 1 is 1.19 bits per heavy atom. The molecule has 1 aromatic rings. The van der Waals surface area contributed by atoms with Crippen LogP contribution < -0.4 is 10.6 Å². The first-order valence-corrected chi connectivity index (χ1v) is 10.2. The van der Waals surface area contributed by atoms with Gasteiger partial charge >= 0.3 is 0 Å². The first kappa shape index (κ1) is 21.2. The molecule has 0 bridgehead atoms. The molecule has 0 atom stereocenters. The summed E-state index contributed by atoms with van der Waals surface area (Å²) in [5.41, 5.74) is 2.65. The number of nitrogens with one attached hydrogen (secondary N) is 2. The molecule has 0 fully saturated rings. The van der Waals surface area contributed by atoms with Crippen LogP contribution in [0.5, 0.6) is 0 Å². The summed E-state index contributed by atoms with van der Waals surface area (Å²) in [6, 6.07) is 8.40. The van der Waals surface area contributed by atoms with Gasteiger partial charge in [0.25, 0.3) is 0 Å². The van der Waals surface area contributed by atoms with E-state index in [2.05, 4.69) is 40.7 Å². The molecule has 1 amide bonds. The van der Waals surface area contributed by atoms with Crippen molar-refractivity contribution in [2.75, 3.05) is 39.4 Å². The zero-order valence-electron chi connectivity index (χ0n) is 16.8. The maximum Gasteiger partial charge on any atom is 0.222 e. The second-order valence-electron chi connectivity index (χ2n) is 6.68. The lowest BCUT2D eigenvalue weighted by Crippen LogP contribution is -2.38. The number of carbonyl (C=O) groups is 1. The highest BCUT2D eigenvalue weighted by atomic mass is 16.5. The number of ether oxygens (including phenoxy) is 1. The highest BCUT2D eigenvalue weighted by molar-refractivity contribution is 5.80. The summed E-state index contributed by atoms with van der Waals surface area (Å²) in [5.74, 6) is 1.04. The van der Waals surface area contributed by atoms with Crippen molar-refractivity contribution >= 4 is 11.9 Å². The summed E-state index contributed by atoms with van der Waals surface area (Å²) in [6.07, 6.45) is 3.23. The number of guanidine groups is 1. The third-order valence-electron chi connectivity index (χ3n) is 4.61. The fraction of sp³-hybridized carbons (Fsp3) is 0.619. The molecule has 6 heteroatoms. The van der Waals surface area contributed by atoms with E-state index >= 15 is 0 Å².